The van der Waals surface area contributed by atoms with Crippen molar-refractivity contribution in [3.05, 3.63) is 29.8 Å². The molecule has 0 aliphatic heterocycles. The van der Waals surface area contributed by atoms with Crippen molar-refractivity contribution < 1.29 is 8.42 Å². The molecule has 2 N–H and O–H groups in total. The molecule has 0 aliphatic carbocycles. The third-order valence-corrected chi connectivity index (χ3v) is 4.38. The molecular weight excluding hydrogens is 258 g/mol. The van der Waals surface area contributed by atoms with Crippen molar-refractivity contribution in [2.75, 3.05) is 25.4 Å². The quantitative estimate of drug-likeness (QED) is 0.814. The van der Waals surface area contributed by atoms with E-state index in [1.807, 2.05) is 0 Å². The van der Waals surface area contributed by atoms with Crippen LogP contribution in [0.1, 0.15) is 5.56 Å². The summed E-state index contributed by atoms with van der Waals surface area (Å²) in [7, 11) is 0.993. The van der Waals surface area contributed by atoms with Crippen LogP contribution in [0.15, 0.2) is 24.3 Å². The minimum absolute atomic E-state index is 0.287. The molecule has 5 nitrogen and oxygen atoms in total. The van der Waals surface area contributed by atoms with E-state index in [0.717, 1.165) is 4.31 Å². The zero-order valence-corrected chi connectivity index (χ0v) is 11.5. The van der Waals surface area contributed by atoms with Gasteiger partial charge in [0.25, 0.3) is 0 Å². The summed E-state index contributed by atoms with van der Waals surface area (Å²) in [5.41, 5.74) is 6.73. The number of nitrogens with zero attached hydrogens (tertiary/aromatic N) is 2. The summed E-state index contributed by atoms with van der Waals surface area (Å²) in [5.74, 6) is 0. The van der Waals surface area contributed by atoms with Crippen LogP contribution in [-0.4, -0.2) is 38.9 Å². The SMILES string of the molecule is CN(C)S(=O)(=O)N(C)c1ccc(C(N)=S)cc1. The number of rotatable bonds is 4. The summed E-state index contributed by atoms with van der Waals surface area (Å²) in [6.07, 6.45) is 0. The fourth-order valence-electron chi connectivity index (χ4n) is 1.21. The van der Waals surface area contributed by atoms with Crippen LogP contribution < -0.4 is 10.0 Å². The molecule has 0 aliphatic rings. The molecule has 0 saturated carbocycles. The number of thiocarbonyl (C=S) groups is 1. The van der Waals surface area contributed by atoms with E-state index in [0.29, 0.717) is 11.3 Å². The summed E-state index contributed by atoms with van der Waals surface area (Å²) < 4.78 is 26.0. The normalized spacial score (nSPS) is 11.5. The Bertz CT molecular complexity index is 509. The molecule has 17 heavy (non-hydrogen) atoms. The second-order valence-corrected chi connectivity index (χ2v) is 6.28. The van der Waals surface area contributed by atoms with Gasteiger partial charge in [0.15, 0.2) is 0 Å². The fourth-order valence-corrected chi connectivity index (χ4v) is 2.23. The third-order valence-electron chi connectivity index (χ3n) is 2.32. The predicted octanol–water partition coefficient (Wildman–Crippen LogP) is 0.563. The molecule has 0 saturated heterocycles. The summed E-state index contributed by atoms with van der Waals surface area (Å²) in [5, 5.41) is 0. The lowest BCUT2D eigenvalue weighted by atomic mass is 10.2. The lowest BCUT2D eigenvalue weighted by molar-refractivity contribution is 0.519. The molecule has 7 heteroatoms. The molecule has 0 spiro atoms. The average molecular weight is 273 g/mol. The van der Waals surface area contributed by atoms with Crippen LogP contribution in [0.5, 0.6) is 0 Å². The summed E-state index contributed by atoms with van der Waals surface area (Å²) in [4.78, 5) is 0.287. The lowest BCUT2D eigenvalue weighted by Crippen LogP contribution is -2.37. The van der Waals surface area contributed by atoms with Crippen molar-refractivity contribution in [2.24, 2.45) is 5.73 Å². The predicted molar refractivity (Wildman–Crippen MR) is 73.3 cm³/mol. The van der Waals surface area contributed by atoms with Gasteiger partial charge in [0, 0.05) is 26.7 Å². The fraction of sp³-hybridized carbons (Fsp3) is 0.300. The maximum Gasteiger partial charge on any atom is 0.303 e. The zero-order chi connectivity index (χ0) is 13.2. The van der Waals surface area contributed by atoms with E-state index in [-0.39, 0.29) is 4.99 Å². The van der Waals surface area contributed by atoms with Crippen molar-refractivity contribution >= 4 is 33.1 Å². The van der Waals surface area contributed by atoms with Gasteiger partial charge in [0.05, 0.1) is 5.69 Å². The molecule has 1 aromatic carbocycles. The number of hydrogen-bond donors (Lipinski definition) is 1. The molecule has 0 unspecified atom stereocenters. The molecule has 0 bridgehead atoms. The van der Waals surface area contributed by atoms with Crippen LogP contribution in [0.2, 0.25) is 0 Å². The molecule has 0 atom stereocenters. The van der Waals surface area contributed by atoms with Gasteiger partial charge in [-0.1, -0.05) is 12.2 Å². The van der Waals surface area contributed by atoms with Crippen LogP contribution in [0.25, 0.3) is 0 Å². The number of benzene rings is 1. The molecule has 94 valence electrons. The highest BCUT2D eigenvalue weighted by Gasteiger charge is 2.20. The van der Waals surface area contributed by atoms with Crippen molar-refractivity contribution in [1.29, 1.82) is 0 Å². The van der Waals surface area contributed by atoms with E-state index in [4.69, 9.17) is 18.0 Å². The lowest BCUT2D eigenvalue weighted by Gasteiger charge is -2.23. The summed E-state index contributed by atoms with van der Waals surface area (Å²) in [6, 6.07) is 6.71. The monoisotopic (exact) mass is 273 g/mol. The maximum absolute atomic E-state index is 11.9. The summed E-state index contributed by atoms with van der Waals surface area (Å²) in [6.45, 7) is 0. The molecule has 0 heterocycles. The molecule has 1 rings (SSSR count). The Balaban J connectivity index is 3.06. The Hall–Kier alpha value is -1.18. The van der Waals surface area contributed by atoms with Crippen molar-refractivity contribution in [2.45, 2.75) is 0 Å². The van der Waals surface area contributed by atoms with Gasteiger partial charge in [0.2, 0.25) is 0 Å². The highest BCUT2D eigenvalue weighted by molar-refractivity contribution is 7.90. The minimum atomic E-state index is -3.46. The minimum Gasteiger partial charge on any atom is -0.389 e. The topological polar surface area (TPSA) is 66.6 Å². The van der Waals surface area contributed by atoms with Crippen molar-refractivity contribution in [3.8, 4) is 0 Å². The van der Waals surface area contributed by atoms with Gasteiger partial charge in [-0.05, 0) is 24.3 Å². The van der Waals surface area contributed by atoms with Crippen LogP contribution in [0.4, 0.5) is 5.69 Å². The van der Waals surface area contributed by atoms with Crippen LogP contribution >= 0.6 is 12.2 Å². The number of hydrogen-bond acceptors (Lipinski definition) is 3. The first-order chi connectivity index (χ1) is 7.76. The first-order valence-corrected chi connectivity index (χ1v) is 6.63. The zero-order valence-electron chi connectivity index (χ0n) is 9.91. The van der Waals surface area contributed by atoms with Crippen LogP contribution in [0.3, 0.4) is 0 Å². The first-order valence-electron chi connectivity index (χ1n) is 4.83. The second kappa shape index (κ2) is 4.99. The number of anilines is 1. The third kappa shape index (κ3) is 2.93. The Morgan fingerprint density at radius 1 is 1.18 bits per heavy atom. The Morgan fingerprint density at radius 2 is 1.65 bits per heavy atom. The van der Waals surface area contributed by atoms with Gasteiger partial charge >= 0.3 is 10.2 Å². The van der Waals surface area contributed by atoms with E-state index in [2.05, 4.69) is 0 Å². The van der Waals surface area contributed by atoms with E-state index in [9.17, 15) is 8.42 Å². The highest BCUT2D eigenvalue weighted by Crippen LogP contribution is 2.17. The smallest absolute Gasteiger partial charge is 0.303 e. The van der Waals surface area contributed by atoms with Gasteiger partial charge in [-0.3, -0.25) is 4.31 Å². The molecule has 0 fully saturated rings. The van der Waals surface area contributed by atoms with Gasteiger partial charge in [-0.15, -0.1) is 0 Å². The first kappa shape index (κ1) is 13.9. The Labute approximate surface area is 107 Å². The van der Waals surface area contributed by atoms with Crippen molar-refractivity contribution in [1.82, 2.24) is 4.31 Å². The van der Waals surface area contributed by atoms with Gasteiger partial charge in [0.1, 0.15) is 4.99 Å². The Kier molecular flexibility index (Phi) is 4.07. The maximum atomic E-state index is 11.9. The van der Waals surface area contributed by atoms with E-state index < -0.39 is 10.2 Å². The van der Waals surface area contributed by atoms with E-state index >= 15 is 0 Å². The van der Waals surface area contributed by atoms with Crippen LogP contribution in [-0.2, 0) is 10.2 Å². The molecule has 1 aromatic rings. The van der Waals surface area contributed by atoms with Crippen molar-refractivity contribution in [3.63, 3.8) is 0 Å². The Morgan fingerprint density at radius 3 is 2.00 bits per heavy atom. The highest BCUT2D eigenvalue weighted by atomic mass is 32.2. The number of nitrogens with two attached hydrogens (primary N) is 1. The van der Waals surface area contributed by atoms with Gasteiger partial charge in [-0.25, -0.2) is 0 Å². The van der Waals surface area contributed by atoms with Gasteiger partial charge in [-0.2, -0.15) is 12.7 Å². The molecule has 0 radical (unpaired) electrons. The average Bonchev–Trinajstić information content (AvgIpc) is 2.27. The van der Waals surface area contributed by atoms with E-state index in [1.54, 1.807) is 24.3 Å². The molecule has 0 amide bonds. The molecule has 0 aromatic heterocycles. The standard InChI is InChI=1S/C10H15N3O2S2/c1-12(2)17(14,15)13(3)9-6-4-8(5-7-9)10(11)16/h4-7H,1-3H3,(H2,11,16). The van der Waals surface area contributed by atoms with Gasteiger partial charge < -0.3 is 5.73 Å². The second-order valence-electron chi connectivity index (χ2n) is 3.67. The largest absolute Gasteiger partial charge is 0.389 e. The van der Waals surface area contributed by atoms with Crippen LogP contribution in [0, 0.1) is 0 Å². The molecular formula is C10H15N3O2S2. The van der Waals surface area contributed by atoms with E-state index in [1.165, 1.54) is 25.4 Å². The summed E-state index contributed by atoms with van der Waals surface area (Å²) >= 11 is 4.82.